The Bertz CT molecular complexity index is 339. The summed E-state index contributed by atoms with van der Waals surface area (Å²) in [5.41, 5.74) is 0.683. The number of aliphatic hydroxyl groups is 1. The normalized spacial score (nSPS) is 11.4. The van der Waals surface area contributed by atoms with Gasteiger partial charge in [0.1, 0.15) is 5.76 Å². The molecule has 1 rings (SSSR count). The third-order valence-corrected chi connectivity index (χ3v) is 2.14. The number of hydrogen-bond acceptors (Lipinski definition) is 2. The van der Waals surface area contributed by atoms with Gasteiger partial charge < -0.3 is 5.11 Å². The van der Waals surface area contributed by atoms with Crippen LogP contribution >= 0.6 is 0 Å². The molecule has 0 unspecified atom stereocenters. The van der Waals surface area contributed by atoms with E-state index in [0.29, 0.717) is 12.0 Å². The fraction of sp³-hybridized carbons (Fsp3) is 0.308. The fourth-order valence-corrected chi connectivity index (χ4v) is 1.27. The van der Waals surface area contributed by atoms with Crippen LogP contribution in [0.4, 0.5) is 0 Å². The highest BCUT2D eigenvalue weighted by atomic mass is 16.3. The van der Waals surface area contributed by atoms with Gasteiger partial charge in [0.05, 0.1) is 0 Å². The number of aliphatic hydroxyl groups excluding tert-OH is 1. The van der Waals surface area contributed by atoms with Crippen molar-refractivity contribution in [1.82, 2.24) is 0 Å². The Kier molecular flexibility index (Phi) is 4.61. The highest BCUT2D eigenvalue weighted by Gasteiger charge is 2.01. The number of hydrogen-bond donors (Lipinski definition) is 1. The molecule has 0 radical (unpaired) electrons. The van der Waals surface area contributed by atoms with Crippen molar-refractivity contribution in [2.24, 2.45) is 0 Å². The summed E-state index contributed by atoms with van der Waals surface area (Å²) in [6, 6.07) is 9.08. The molecule has 2 nitrogen and oxygen atoms in total. The average Bonchev–Trinajstić information content (AvgIpc) is 2.27. The zero-order valence-corrected chi connectivity index (χ0v) is 8.94. The molecule has 80 valence electrons. The molecule has 0 bridgehead atoms. The van der Waals surface area contributed by atoms with Crippen molar-refractivity contribution in [3.05, 3.63) is 42.0 Å². The molecule has 0 amide bonds. The summed E-state index contributed by atoms with van der Waals surface area (Å²) in [6.07, 6.45) is 3.68. The fourth-order valence-electron chi connectivity index (χ4n) is 1.27. The minimum absolute atomic E-state index is 0.0156. The summed E-state index contributed by atoms with van der Waals surface area (Å²) in [6.45, 7) is 2.04. The predicted molar refractivity (Wildman–Crippen MR) is 61.6 cm³/mol. The number of ketones is 1. The summed E-state index contributed by atoms with van der Waals surface area (Å²) >= 11 is 0. The second-order valence-corrected chi connectivity index (χ2v) is 3.47. The molecule has 1 aromatic rings. The molecule has 0 aromatic heterocycles. The Morgan fingerprint density at radius 3 is 2.60 bits per heavy atom. The average molecular weight is 204 g/mol. The molecule has 0 atom stereocenters. The van der Waals surface area contributed by atoms with Crippen molar-refractivity contribution in [3.63, 3.8) is 0 Å². The van der Waals surface area contributed by atoms with Gasteiger partial charge in [-0.2, -0.15) is 0 Å². The molecule has 0 spiro atoms. The largest absolute Gasteiger partial charge is 0.507 e. The first kappa shape index (κ1) is 11.5. The maximum absolute atomic E-state index is 11.3. The van der Waals surface area contributed by atoms with E-state index >= 15 is 0 Å². The molecule has 0 aliphatic heterocycles. The number of rotatable bonds is 5. The molecule has 0 aliphatic carbocycles. The first-order valence-corrected chi connectivity index (χ1v) is 5.23. The quantitative estimate of drug-likeness (QED) is 0.590. The van der Waals surface area contributed by atoms with Gasteiger partial charge in [-0.25, -0.2) is 0 Å². The van der Waals surface area contributed by atoms with Gasteiger partial charge in [0.25, 0.3) is 0 Å². The maximum Gasteiger partial charge on any atom is 0.159 e. The lowest BCUT2D eigenvalue weighted by molar-refractivity contribution is -0.114. The van der Waals surface area contributed by atoms with Crippen LogP contribution in [-0.2, 0) is 4.79 Å². The van der Waals surface area contributed by atoms with E-state index < -0.39 is 0 Å². The van der Waals surface area contributed by atoms with Crippen LogP contribution in [0.25, 0.3) is 5.76 Å². The van der Waals surface area contributed by atoms with Crippen molar-refractivity contribution in [3.8, 4) is 0 Å². The van der Waals surface area contributed by atoms with Gasteiger partial charge in [0.15, 0.2) is 5.78 Å². The molecule has 0 saturated heterocycles. The molecular weight excluding hydrogens is 188 g/mol. The van der Waals surface area contributed by atoms with E-state index in [1.165, 1.54) is 6.08 Å². The molecule has 0 heterocycles. The zero-order valence-electron chi connectivity index (χ0n) is 8.94. The molecule has 2 heteroatoms. The molecular formula is C13H16O2. The second-order valence-electron chi connectivity index (χ2n) is 3.47. The Morgan fingerprint density at radius 1 is 1.33 bits per heavy atom. The SMILES string of the molecule is CCCCC(=O)/C=C(\O)c1ccccc1. The number of unbranched alkanes of at least 4 members (excludes halogenated alkanes) is 1. The minimum atomic E-state index is -0.0156. The van der Waals surface area contributed by atoms with Crippen molar-refractivity contribution in [1.29, 1.82) is 0 Å². The summed E-state index contributed by atoms with van der Waals surface area (Å²) in [5.74, 6) is 0.0370. The van der Waals surface area contributed by atoms with E-state index in [1.54, 1.807) is 12.1 Å². The van der Waals surface area contributed by atoms with Crippen LogP contribution in [-0.4, -0.2) is 10.9 Å². The van der Waals surface area contributed by atoms with E-state index in [0.717, 1.165) is 12.8 Å². The number of allylic oxidation sites excluding steroid dienone is 1. The lowest BCUT2D eigenvalue weighted by Crippen LogP contribution is -1.94. The molecule has 0 fully saturated rings. The second kappa shape index (κ2) is 6.02. The van der Waals surface area contributed by atoms with Crippen molar-refractivity contribution in [2.45, 2.75) is 26.2 Å². The van der Waals surface area contributed by atoms with Crippen molar-refractivity contribution < 1.29 is 9.90 Å². The predicted octanol–water partition coefficient (Wildman–Crippen LogP) is 3.34. The van der Waals surface area contributed by atoms with Gasteiger partial charge in [0.2, 0.25) is 0 Å². The smallest absolute Gasteiger partial charge is 0.159 e. The summed E-state index contributed by atoms with van der Waals surface area (Å²) in [4.78, 5) is 11.3. The van der Waals surface area contributed by atoms with Gasteiger partial charge in [-0.15, -0.1) is 0 Å². The highest BCUT2D eigenvalue weighted by Crippen LogP contribution is 2.11. The third kappa shape index (κ3) is 3.98. The van der Waals surface area contributed by atoms with E-state index in [1.807, 2.05) is 25.1 Å². The lowest BCUT2D eigenvalue weighted by atomic mass is 10.1. The zero-order chi connectivity index (χ0) is 11.1. The number of carbonyl (C=O) groups is 1. The summed E-state index contributed by atoms with van der Waals surface area (Å²) in [7, 11) is 0. The Labute approximate surface area is 90.3 Å². The van der Waals surface area contributed by atoms with Gasteiger partial charge in [0, 0.05) is 18.1 Å². The Hall–Kier alpha value is -1.57. The van der Waals surface area contributed by atoms with Crippen molar-refractivity contribution >= 4 is 11.5 Å². The Balaban J connectivity index is 2.64. The molecule has 0 saturated carbocycles. The van der Waals surface area contributed by atoms with Crippen LogP contribution < -0.4 is 0 Å². The van der Waals surface area contributed by atoms with Crippen LogP contribution in [0.5, 0.6) is 0 Å². The molecule has 1 aromatic carbocycles. The topological polar surface area (TPSA) is 37.3 Å². The monoisotopic (exact) mass is 204 g/mol. The third-order valence-electron chi connectivity index (χ3n) is 2.14. The van der Waals surface area contributed by atoms with E-state index in [2.05, 4.69) is 0 Å². The molecule has 1 N–H and O–H groups in total. The van der Waals surface area contributed by atoms with Crippen LogP contribution in [0.15, 0.2) is 36.4 Å². The summed E-state index contributed by atoms with van der Waals surface area (Å²) < 4.78 is 0. The van der Waals surface area contributed by atoms with E-state index in [4.69, 9.17) is 0 Å². The van der Waals surface area contributed by atoms with Crippen LogP contribution in [0.1, 0.15) is 31.7 Å². The van der Waals surface area contributed by atoms with E-state index in [-0.39, 0.29) is 11.5 Å². The lowest BCUT2D eigenvalue weighted by Gasteiger charge is -1.99. The van der Waals surface area contributed by atoms with Gasteiger partial charge in [-0.3, -0.25) is 4.79 Å². The van der Waals surface area contributed by atoms with Crippen LogP contribution in [0, 0.1) is 0 Å². The first-order valence-electron chi connectivity index (χ1n) is 5.23. The Morgan fingerprint density at radius 2 is 2.00 bits per heavy atom. The molecule has 15 heavy (non-hydrogen) atoms. The van der Waals surface area contributed by atoms with Crippen molar-refractivity contribution in [2.75, 3.05) is 0 Å². The van der Waals surface area contributed by atoms with Crippen LogP contribution in [0.3, 0.4) is 0 Å². The van der Waals surface area contributed by atoms with E-state index in [9.17, 15) is 9.90 Å². The van der Waals surface area contributed by atoms with Gasteiger partial charge in [-0.1, -0.05) is 43.7 Å². The number of benzene rings is 1. The maximum atomic E-state index is 11.3. The molecule has 0 aliphatic rings. The first-order chi connectivity index (χ1) is 7.24. The van der Waals surface area contributed by atoms with Crippen LogP contribution in [0.2, 0.25) is 0 Å². The minimum Gasteiger partial charge on any atom is -0.507 e. The summed E-state index contributed by atoms with van der Waals surface area (Å²) in [5, 5.41) is 9.63. The highest BCUT2D eigenvalue weighted by molar-refractivity contribution is 5.95. The number of carbonyl (C=O) groups excluding carboxylic acids is 1. The van der Waals surface area contributed by atoms with Gasteiger partial charge in [-0.05, 0) is 6.42 Å². The standard InChI is InChI=1S/C13H16O2/c1-2-3-9-12(14)10-13(15)11-7-5-4-6-8-11/h4-8,10,15H,2-3,9H2,1H3/b13-10-. The van der Waals surface area contributed by atoms with Gasteiger partial charge >= 0.3 is 0 Å².